The van der Waals surface area contributed by atoms with Gasteiger partial charge in [0.2, 0.25) is 10.0 Å². The first-order valence-corrected chi connectivity index (χ1v) is 10.3. The summed E-state index contributed by atoms with van der Waals surface area (Å²) >= 11 is 0. The summed E-state index contributed by atoms with van der Waals surface area (Å²) in [6, 6.07) is 6.57. The molecule has 2 heterocycles. The Morgan fingerprint density at radius 1 is 1.08 bits per heavy atom. The molecule has 0 spiro atoms. The molecule has 1 amide bonds. The Morgan fingerprint density at radius 3 is 2.38 bits per heavy atom. The van der Waals surface area contributed by atoms with Crippen molar-refractivity contribution >= 4 is 21.6 Å². The quantitative estimate of drug-likeness (QED) is 0.882. The lowest BCUT2D eigenvalue weighted by atomic mass is 10.2. The minimum absolute atomic E-state index is 0.251. The van der Waals surface area contributed by atoms with Gasteiger partial charge in [-0.05, 0) is 50.5 Å². The molecule has 6 nitrogen and oxygen atoms in total. The lowest BCUT2D eigenvalue weighted by molar-refractivity contribution is 0.102. The highest BCUT2D eigenvalue weighted by molar-refractivity contribution is 7.89. The van der Waals surface area contributed by atoms with Crippen LogP contribution in [0.1, 0.15) is 47.4 Å². The van der Waals surface area contributed by atoms with E-state index in [1.54, 1.807) is 42.4 Å². The Bertz CT molecular complexity index is 894. The third kappa shape index (κ3) is 3.83. The Kier molecular flexibility index (Phi) is 5.48. The number of carbonyl (C=O) groups excluding carboxylic acids is 1. The van der Waals surface area contributed by atoms with Crippen LogP contribution in [0.2, 0.25) is 0 Å². The summed E-state index contributed by atoms with van der Waals surface area (Å²) in [5, 5.41) is 2.76. The number of furan rings is 1. The fourth-order valence-corrected chi connectivity index (χ4v) is 4.96. The molecule has 1 N–H and O–H groups in total. The highest BCUT2D eigenvalue weighted by Gasteiger charge is 2.27. The van der Waals surface area contributed by atoms with Crippen molar-refractivity contribution in [3.8, 4) is 0 Å². The molecule has 0 radical (unpaired) electrons. The summed E-state index contributed by atoms with van der Waals surface area (Å²) in [6.07, 6.45) is 5.34. The van der Waals surface area contributed by atoms with Gasteiger partial charge in [-0.25, -0.2) is 8.42 Å². The van der Waals surface area contributed by atoms with Crippen LogP contribution in [0.3, 0.4) is 0 Å². The number of anilines is 1. The number of carbonyl (C=O) groups is 1. The minimum Gasteiger partial charge on any atom is -0.469 e. The molecule has 0 bridgehead atoms. The van der Waals surface area contributed by atoms with Crippen molar-refractivity contribution < 1.29 is 17.6 Å². The number of rotatable bonds is 4. The van der Waals surface area contributed by atoms with Crippen LogP contribution >= 0.6 is 0 Å². The summed E-state index contributed by atoms with van der Waals surface area (Å²) in [4.78, 5) is 12.6. The lowest BCUT2D eigenvalue weighted by Crippen LogP contribution is -2.32. The van der Waals surface area contributed by atoms with Crippen LogP contribution in [0.5, 0.6) is 0 Å². The first-order valence-electron chi connectivity index (χ1n) is 8.86. The molecule has 26 heavy (non-hydrogen) atoms. The maximum absolute atomic E-state index is 13.1. The molecule has 0 atom stereocenters. The monoisotopic (exact) mass is 376 g/mol. The smallest absolute Gasteiger partial charge is 0.259 e. The number of nitrogens with one attached hydrogen (secondary N) is 1. The summed E-state index contributed by atoms with van der Waals surface area (Å²) < 4.78 is 32.9. The van der Waals surface area contributed by atoms with Gasteiger partial charge in [-0.15, -0.1) is 0 Å². The van der Waals surface area contributed by atoms with Gasteiger partial charge in [-0.2, -0.15) is 4.31 Å². The van der Waals surface area contributed by atoms with E-state index >= 15 is 0 Å². The molecule has 1 aliphatic heterocycles. The van der Waals surface area contributed by atoms with Gasteiger partial charge in [0.05, 0.1) is 16.7 Å². The Morgan fingerprint density at radius 2 is 1.77 bits per heavy atom. The molecule has 2 aromatic rings. The maximum atomic E-state index is 13.1. The van der Waals surface area contributed by atoms with Gasteiger partial charge in [-0.1, -0.05) is 18.9 Å². The molecule has 0 aliphatic carbocycles. The summed E-state index contributed by atoms with van der Waals surface area (Å²) in [7, 11) is -3.57. The molecule has 7 heteroatoms. The predicted octanol–water partition coefficient (Wildman–Crippen LogP) is 3.71. The van der Waals surface area contributed by atoms with E-state index < -0.39 is 10.0 Å². The third-order valence-electron chi connectivity index (χ3n) is 4.73. The van der Waals surface area contributed by atoms with Crippen molar-refractivity contribution in [2.75, 3.05) is 18.4 Å². The third-order valence-corrected chi connectivity index (χ3v) is 6.77. The number of benzene rings is 1. The number of sulfonamides is 1. The average molecular weight is 376 g/mol. The zero-order valence-corrected chi connectivity index (χ0v) is 15.9. The fraction of sp³-hybridized carbons (Fsp3) is 0.421. The van der Waals surface area contributed by atoms with Crippen LogP contribution < -0.4 is 5.32 Å². The standard InChI is InChI=1S/C19H24N2O4S/c1-14-7-8-16(20-19(22)17-9-12-25-15(17)2)13-18(14)26(23,24)21-10-5-3-4-6-11-21/h7-9,12-13H,3-6,10-11H2,1-2H3,(H,20,22). The molecular formula is C19H24N2O4S. The summed E-state index contributed by atoms with van der Waals surface area (Å²) in [5.74, 6) is 0.199. The van der Waals surface area contributed by atoms with Gasteiger partial charge >= 0.3 is 0 Å². The molecule has 1 aliphatic rings. The summed E-state index contributed by atoms with van der Waals surface area (Å²) in [5.41, 5.74) is 1.56. The van der Waals surface area contributed by atoms with Crippen LogP contribution in [0.4, 0.5) is 5.69 Å². The van der Waals surface area contributed by atoms with Crippen molar-refractivity contribution in [3.05, 3.63) is 47.4 Å². The number of aryl methyl sites for hydroxylation is 2. The maximum Gasteiger partial charge on any atom is 0.259 e. The number of hydrogen-bond donors (Lipinski definition) is 1. The van der Waals surface area contributed by atoms with Gasteiger partial charge in [0.1, 0.15) is 5.76 Å². The lowest BCUT2D eigenvalue weighted by Gasteiger charge is -2.21. The zero-order valence-electron chi connectivity index (χ0n) is 15.1. The molecular weight excluding hydrogens is 352 g/mol. The van der Waals surface area contributed by atoms with E-state index in [9.17, 15) is 13.2 Å². The molecule has 1 fully saturated rings. The van der Waals surface area contributed by atoms with Gasteiger partial charge in [0.25, 0.3) is 5.91 Å². The number of nitrogens with zero attached hydrogens (tertiary/aromatic N) is 1. The zero-order chi connectivity index (χ0) is 18.7. The largest absolute Gasteiger partial charge is 0.469 e. The summed E-state index contributed by atoms with van der Waals surface area (Å²) in [6.45, 7) is 4.58. The Hall–Kier alpha value is -2.12. The van der Waals surface area contributed by atoms with Crippen molar-refractivity contribution in [1.82, 2.24) is 4.31 Å². The van der Waals surface area contributed by atoms with E-state index in [1.807, 2.05) is 0 Å². The normalized spacial score (nSPS) is 16.2. The molecule has 140 valence electrons. The van der Waals surface area contributed by atoms with Crippen molar-refractivity contribution in [2.24, 2.45) is 0 Å². The van der Waals surface area contributed by atoms with E-state index in [1.165, 1.54) is 6.26 Å². The van der Waals surface area contributed by atoms with Crippen molar-refractivity contribution in [1.29, 1.82) is 0 Å². The van der Waals surface area contributed by atoms with E-state index in [-0.39, 0.29) is 10.8 Å². The van der Waals surface area contributed by atoms with Crippen LogP contribution in [0.25, 0.3) is 0 Å². The molecule has 0 unspecified atom stereocenters. The second-order valence-corrected chi connectivity index (χ2v) is 8.55. The highest BCUT2D eigenvalue weighted by atomic mass is 32.2. The highest BCUT2D eigenvalue weighted by Crippen LogP contribution is 2.26. The van der Waals surface area contributed by atoms with E-state index in [0.717, 1.165) is 25.7 Å². The minimum atomic E-state index is -3.57. The van der Waals surface area contributed by atoms with Crippen molar-refractivity contribution in [3.63, 3.8) is 0 Å². The van der Waals surface area contributed by atoms with Crippen LogP contribution in [-0.2, 0) is 10.0 Å². The SMILES string of the molecule is Cc1ccc(NC(=O)c2ccoc2C)cc1S(=O)(=O)N1CCCCCC1. The Labute approximate surface area is 154 Å². The molecule has 3 rings (SSSR count). The molecule has 1 aromatic heterocycles. The van der Waals surface area contributed by atoms with Gasteiger partial charge in [0.15, 0.2) is 0 Å². The first-order chi connectivity index (χ1) is 12.4. The van der Waals surface area contributed by atoms with Gasteiger partial charge < -0.3 is 9.73 Å². The second-order valence-electron chi connectivity index (χ2n) is 6.64. The van der Waals surface area contributed by atoms with Crippen LogP contribution in [0, 0.1) is 13.8 Å². The molecule has 0 saturated carbocycles. The van der Waals surface area contributed by atoms with Crippen molar-refractivity contribution in [2.45, 2.75) is 44.4 Å². The molecule has 1 aromatic carbocycles. The fourth-order valence-electron chi connectivity index (χ4n) is 3.20. The Balaban J connectivity index is 1.87. The number of hydrogen-bond acceptors (Lipinski definition) is 4. The first kappa shape index (κ1) is 18.7. The average Bonchev–Trinajstić information content (AvgIpc) is 2.85. The number of amides is 1. The van der Waals surface area contributed by atoms with E-state index in [0.29, 0.717) is 35.7 Å². The topological polar surface area (TPSA) is 79.6 Å². The van der Waals surface area contributed by atoms with Crippen LogP contribution in [0.15, 0.2) is 39.8 Å². The molecule has 1 saturated heterocycles. The van der Waals surface area contributed by atoms with Gasteiger partial charge in [-0.3, -0.25) is 4.79 Å². The van der Waals surface area contributed by atoms with E-state index in [2.05, 4.69) is 5.32 Å². The van der Waals surface area contributed by atoms with Crippen LogP contribution in [-0.4, -0.2) is 31.7 Å². The van der Waals surface area contributed by atoms with Gasteiger partial charge in [0, 0.05) is 18.8 Å². The second kappa shape index (κ2) is 7.63. The van der Waals surface area contributed by atoms with E-state index in [4.69, 9.17) is 4.42 Å². The predicted molar refractivity (Wildman–Crippen MR) is 99.8 cm³/mol.